The van der Waals surface area contributed by atoms with Gasteiger partial charge < -0.3 is 9.73 Å². The van der Waals surface area contributed by atoms with Crippen molar-refractivity contribution < 1.29 is 13.2 Å². The average Bonchev–Trinajstić information content (AvgIpc) is 2.85. The van der Waals surface area contributed by atoms with Gasteiger partial charge in [0.25, 0.3) is 0 Å². The quantitative estimate of drug-likeness (QED) is 0.859. The molecular weight excluding hydrogens is 260 g/mol. The van der Waals surface area contributed by atoms with Crippen LogP contribution in [0, 0.1) is 18.6 Å². The van der Waals surface area contributed by atoms with Crippen LogP contribution in [0.1, 0.15) is 36.3 Å². The molecule has 1 unspecified atom stereocenters. The van der Waals surface area contributed by atoms with Gasteiger partial charge in [-0.3, -0.25) is 0 Å². The van der Waals surface area contributed by atoms with Crippen molar-refractivity contribution in [3.05, 3.63) is 59.1 Å². The molecule has 108 valence electrons. The van der Waals surface area contributed by atoms with Gasteiger partial charge in [-0.05, 0) is 44.0 Å². The highest BCUT2D eigenvalue weighted by molar-refractivity contribution is 5.26. The Morgan fingerprint density at radius 1 is 1.25 bits per heavy atom. The van der Waals surface area contributed by atoms with Gasteiger partial charge in [0.05, 0.1) is 6.26 Å². The van der Waals surface area contributed by atoms with Crippen LogP contribution in [0.5, 0.6) is 0 Å². The van der Waals surface area contributed by atoms with Crippen molar-refractivity contribution in [3.8, 4) is 0 Å². The summed E-state index contributed by atoms with van der Waals surface area (Å²) < 4.78 is 32.4. The van der Waals surface area contributed by atoms with E-state index < -0.39 is 11.6 Å². The Morgan fingerprint density at radius 2 is 2.05 bits per heavy atom. The monoisotopic (exact) mass is 279 g/mol. The highest BCUT2D eigenvalue weighted by Crippen LogP contribution is 2.24. The summed E-state index contributed by atoms with van der Waals surface area (Å²) >= 11 is 0. The molecule has 1 aromatic carbocycles. The fraction of sp³-hybridized carbons (Fsp3) is 0.375. The van der Waals surface area contributed by atoms with Crippen LogP contribution in [-0.2, 0) is 6.42 Å². The van der Waals surface area contributed by atoms with E-state index in [1.54, 1.807) is 12.3 Å². The average molecular weight is 279 g/mol. The summed E-state index contributed by atoms with van der Waals surface area (Å²) in [5.41, 5.74) is 1.36. The van der Waals surface area contributed by atoms with E-state index in [-0.39, 0.29) is 6.04 Å². The van der Waals surface area contributed by atoms with Gasteiger partial charge in [-0.2, -0.15) is 0 Å². The lowest BCUT2D eigenvalue weighted by molar-refractivity contribution is 0.468. The van der Waals surface area contributed by atoms with Crippen molar-refractivity contribution >= 4 is 0 Å². The molecule has 2 rings (SSSR count). The van der Waals surface area contributed by atoms with Gasteiger partial charge in [0, 0.05) is 11.6 Å². The molecule has 0 amide bonds. The first-order valence-corrected chi connectivity index (χ1v) is 6.83. The molecule has 0 bridgehead atoms. The third-order valence-corrected chi connectivity index (χ3v) is 3.37. The van der Waals surface area contributed by atoms with Gasteiger partial charge in [0.15, 0.2) is 11.6 Å². The second kappa shape index (κ2) is 6.66. The number of hydrogen-bond acceptors (Lipinski definition) is 2. The molecule has 4 heteroatoms. The molecule has 0 spiro atoms. The number of nitrogens with one attached hydrogen (secondary N) is 1. The van der Waals surface area contributed by atoms with Gasteiger partial charge in [-0.15, -0.1) is 0 Å². The highest BCUT2D eigenvalue weighted by Gasteiger charge is 2.18. The summed E-state index contributed by atoms with van der Waals surface area (Å²) in [4.78, 5) is 0. The zero-order chi connectivity index (χ0) is 14.5. The number of hydrogen-bond donors (Lipinski definition) is 1. The Bertz CT molecular complexity index is 565. The second-order valence-electron chi connectivity index (χ2n) is 4.86. The third kappa shape index (κ3) is 3.25. The van der Waals surface area contributed by atoms with E-state index in [0.29, 0.717) is 12.0 Å². The second-order valence-corrected chi connectivity index (χ2v) is 4.86. The standard InChI is InChI=1S/C16H19F2NO/c1-3-8-19-15(13-7-9-20-11(13)2)10-12-5-4-6-14(17)16(12)18/h4-7,9,15,19H,3,8,10H2,1-2H3. The maximum absolute atomic E-state index is 13.8. The molecule has 2 aromatic rings. The smallest absolute Gasteiger partial charge is 0.162 e. The van der Waals surface area contributed by atoms with Crippen LogP contribution in [0.15, 0.2) is 34.9 Å². The zero-order valence-corrected chi connectivity index (χ0v) is 11.7. The Labute approximate surface area is 117 Å². The molecule has 1 atom stereocenters. The third-order valence-electron chi connectivity index (χ3n) is 3.37. The van der Waals surface area contributed by atoms with Crippen LogP contribution in [0.2, 0.25) is 0 Å². The minimum absolute atomic E-state index is 0.0787. The van der Waals surface area contributed by atoms with E-state index in [4.69, 9.17) is 4.42 Å². The van der Waals surface area contributed by atoms with Gasteiger partial charge >= 0.3 is 0 Å². The zero-order valence-electron chi connectivity index (χ0n) is 11.7. The molecular formula is C16H19F2NO. The normalized spacial score (nSPS) is 12.6. The molecule has 0 aliphatic carbocycles. The summed E-state index contributed by atoms with van der Waals surface area (Å²) in [6, 6.07) is 6.09. The molecule has 0 fully saturated rings. The SMILES string of the molecule is CCCNC(Cc1cccc(F)c1F)c1ccoc1C. The number of rotatable bonds is 6. The number of benzene rings is 1. The summed E-state index contributed by atoms with van der Waals surface area (Å²) in [5.74, 6) is -0.770. The van der Waals surface area contributed by atoms with E-state index in [1.807, 2.05) is 13.0 Å². The van der Waals surface area contributed by atoms with E-state index >= 15 is 0 Å². The van der Waals surface area contributed by atoms with Crippen molar-refractivity contribution in [1.29, 1.82) is 0 Å². The molecule has 2 nitrogen and oxygen atoms in total. The first kappa shape index (κ1) is 14.7. The predicted octanol–water partition coefficient (Wildman–Crippen LogP) is 4.15. The number of halogens is 2. The van der Waals surface area contributed by atoms with Gasteiger partial charge in [-0.25, -0.2) is 8.78 Å². The highest BCUT2D eigenvalue weighted by atomic mass is 19.2. The van der Waals surface area contributed by atoms with E-state index in [9.17, 15) is 8.78 Å². The Balaban J connectivity index is 2.24. The Morgan fingerprint density at radius 3 is 2.70 bits per heavy atom. The van der Waals surface area contributed by atoms with Crippen LogP contribution in [-0.4, -0.2) is 6.54 Å². The van der Waals surface area contributed by atoms with E-state index in [2.05, 4.69) is 12.2 Å². The van der Waals surface area contributed by atoms with Crippen LogP contribution in [0.25, 0.3) is 0 Å². The molecule has 0 aliphatic rings. The molecule has 1 aromatic heterocycles. The molecule has 0 aliphatic heterocycles. The number of furan rings is 1. The van der Waals surface area contributed by atoms with Crippen molar-refractivity contribution in [3.63, 3.8) is 0 Å². The number of aryl methyl sites for hydroxylation is 1. The summed E-state index contributed by atoms with van der Waals surface area (Å²) in [6.07, 6.45) is 2.98. The lowest BCUT2D eigenvalue weighted by atomic mass is 9.98. The van der Waals surface area contributed by atoms with Crippen molar-refractivity contribution in [2.24, 2.45) is 0 Å². The Hall–Kier alpha value is -1.68. The maximum atomic E-state index is 13.8. The van der Waals surface area contributed by atoms with Crippen LogP contribution < -0.4 is 5.32 Å². The van der Waals surface area contributed by atoms with E-state index in [0.717, 1.165) is 30.4 Å². The molecule has 0 radical (unpaired) electrons. The first-order chi connectivity index (χ1) is 9.63. The molecule has 0 saturated carbocycles. The minimum atomic E-state index is -0.805. The molecule has 1 heterocycles. The van der Waals surface area contributed by atoms with Crippen molar-refractivity contribution in [2.75, 3.05) is 6.54 Å². The predicted molar refractivity (Wildman–Crippen MR) is 74.5 cm³/mol. The lowest BCUT2D eigenvalue weighted by Gasteiger charge is -2.18. The summed E-state index contributed by atoms with van der Waals surface area (Å²) in [6.45, 7) is 4.75. The molecule has 1 N–H and O–H groups in total. The van der Waals surface area contributed by atoms with Gasteiger partial charge in [0.2, 0.25) is 0 Å². The first-order valence-electron chi connectivity index (χ1n) is 6.83. The van der Waals surface area contributed by atoms with Gasteiger partial charge in [0.1, 0.15) is 5.76 Å². The summed E-state index contributed by atoms with van der Waals surface area (Å²) in [7, 11) is 0. The fourth-order valence-electron chi connectivity index (χ4n) is 2.29. The topological polar surface area (TPSA) is 25.2 Å². The summed E-state index contributed by atoms with van der Waals surface area (Å²) in [5, 5.41) is 3.36. The van der Waals surface area contributed by atoms with Crippen molar-refractivity contribution in [2.45, 2.75) is 32.7 Å². The molecule has 0 saturated heterocycles. The fourth-order valence-corrected chi connectivity index (χ4v) is 2.29. The van der Waals surface area contributed by atoms with Crippen LogP contribution in [0.3, 0.4) is 0 Å². The largest absolute Gasteiger partial charge is 0.469 e. The van der Waals surface area contributed by atoms with Gasteiger partial charge in [-0.1, -0.05) is 19.1 Å². The molecule has 20 heavy (non-hydrogen) atoms. The maximum Gasteiger partial charge on any atom is 0.162 e. The lowest BCUT2D eigenvalue weighted by Crippen LogP contribution is -2.24. The van der Waals surface area contributed by atoms with Crippen LogP contribution in [0.4, 0.5) is 8.78 Å². The van der Waals surface area contributed by atoms with E-state index in [1.165, 1.54) is 6.07 Å². The van der Waals surface area contributed by atoms with Crippen LogP contribution >= 0.6 is 0 Å². The minimum Gasteiger partial charge on any atom is -0.469 e. The Kier molecular flexibility index (Phi) is 4.90. The van der Waals surface area contributed by atoms with Crippen molar-refractivity contribution in [1.82, 2.24) is 5.32 Å².